The minimum atomic E-state index is -0.954. The molecule has 0 amide bonds. The molecule has 0 radical (unpaired) electrons. The number of aromatic nitrogens is 2. The molecule has 1 unspecified atom stereocenters. The molecule has 2 heterocycles. The predicted octanol–water partition coefficient (Wildman–Crippen LogP) is 2.32. The first kappa shape index (κ1) is 14.0. The van der Waals surface area contributed by atoms with Crippen LogP contribution in [0.5, 0.6) is 0 Å². The molecule has 20 heavy (non-hydrogen) atoms. The molecule has 0 aromatic carbocycles. The van der Waals surface area contributed by atoms with Gasteiger partial charge in [-0.15, -0.1) is 0 Å². The van der Waals surface area contributed by atoms with Gasteiger partial charge in [0.1, 0.15) is 0 Å². The molecule has 1 saturated carbocycles. The molecular formula is C15H25N3O2. The SMILES string of the molecule is CCCC1CCC(c2noc(C3(O)CCNC3)n2)CC1. The van der Waals surface area contributed by atoms with Crippen LogP contribution in [0.3, 0.4) is 0 Å². The Hall–Kier alpha value is -0.940. The molecule has 2 N–H and O–H groups in total. The number of nitrogens with zero attached hydrogens (tertiary/aromatic N) is 2. The number of hydrogen-bond donors (Lipinski definition) is 2. The molecule has 1 aliphatic heterocycles. The van der Waals surface area contributed by atoms with E-state index in [0.717, 1.165) is 31.1 Å². The van der Waals surface area contributed by atoms with Gasteiger partial charge < -0.3 is 14.9 Å². The lowest BCUT2D eigenvalue weighted by molar-refractivity contribution is 0.0243. The van der Waals surface area contributed by atoms with E-state index in [9.17, 15) is 5.11 Å². The molecule has 0 bridgehead atoms. The van der Waals surface area contributed by atoms with E-state index in [1.165, 1.54) is 25.7 Å². The van der Waals surface area contributed by atoms with Crippen molar-refractivity contribution in [2.75, 3.05) is 13.1 Å². The molecule has 1 aromatic heterocycles. The Morgan fingerprint density at radius 3 is 2.80 bits per heavy atom. The van der Waals surface area contributed by atoms with Gasteiger partial charge in [-0.2, -0.15) is 4.98 Å². The van der Waals surface area contributed by atoms with Gasteiger partial charge in [-0.05, 0) is 44.6 Å². The van der Waals surface area contributed by atoms with Crippen molar-refractivity contribution < 1.29 is 9.63 Å². The molecule has 112 valence electrons. The Labute approximate surface area is 120 Å². The van der Waals surface area contributed by atoms with E-state index < -0.39 is 5.60 Å². The molecule has 2 aliphatic rings. The van der Waals surface area contributed by atoms with Gasteiger partial charge in [0.2, 0.25) is 0 Å². The van der Waals surface area contributed by atoms with Crippen molar-refractivity contribution in [3.05, 3.63) is 11.7 Å². The van der Waals surface area contributed by atoms with Crippen LogP contribution in [0.15, 0.2) is 4.52 Å². The number of β-amino-alcohol motifs (C(OH)–C–C–N with tert-alkyl or cyclic N) is 1. The Balaban J connectivity index is 1.63. The van der Waals surface area contributed by atoms with Gasteiger partial charge in [0, 0.05) is 12.5 Å². The summed E-state index contributed by atoms with van der Waals surface area (Å²) >= 11 is 0. The fourth-order valence-electron chi connectivity index (χ4n) is 3.57. The van der Waals surface area contributed by atoms with Crippen LogP contribution in [0.1, 0.15) is 69.5 Å². The second kappa shape index (κ2) is 5.82. The van der Waals surface area contributed by atoms with Crippen molar-refractivity contribution >= 4 is 0 Å². The smallest absolute Gasteiger partial charge is 0.259 e. The van der Waals surface area contributed by atoms with Gasteiger partial charge in [0.15, 0.2) is 11.4 Å². The van der Waals surface area contributed by atoms with Crippen LogP contribution in [-0.2, 0) is 5.60 Å². The summed E-state index contributed by atoms with van der Waals surface area (Å²) in [6.07, 6.45) is 8.12. The van der Waals surface area contributed by atoms with Gasteiger partial charge in [0.25, 0.3) is 5.89 Å². The van der Waals surface area contributed by atoms with E-state index in [1.54, 1.807) is 0 Å². The van der Waals surface area contributed by atoms with E-state index in [1.807, 2.05) is 0 Å². The third-order valence-electron chi connectivity index (χ3n) is 4.88. The molecule has 0 spiro atoms. The molecule has 1 aromatic rings. The molecule has 2 fully saturated rings. The van der Waals surface area contributed by atoms with E-state index in [4.69, 9.17) is 4.52 Å². The summed E-state index contributed by atoms with van der Waals surface area (Å²) in [6.45, 7) is 3.57. The minimum absolute atomic E-state index is 0.396. The molecule has 5 nitrogen and oxygen atoms in total. The van der Waals surface area contributed by atoms with Crippen LogP contribution in [-0.4, -0.2) is 28.3 Å². The maximum atomic E-state index is 10.4. The van der Waals surface area contributed by atoms with Crippen molar-refractivity contribution in [2.45, 2.75) is 63.4 Å². The summed E-state index contributed by atoms with van der Waals surface area (Å²) in [7, 11) is 0. The maximum Gasteiger partial charge on any atom is 0.259 e. The lowest BCUT2D eigenvalue weighted by atomic mass is 9.80. The minimum Gasteiger partial charge on any atom is -0.379 e. The van der Waals surface area contributed by atoms with E-state index in [0.29, 0.717) is 24.8 Å². The second-order valence-corrected chi connectivity index (χ2v) is 6.42. The van der Waals surface area contributed by atoms with E-state index in [2.05, 4.69) is 22.4 Å². The van der Waals surface area contributed by atoms with Crippen molar-refractivity contribution in [3.8, 4) is 0 Å². The molecule has 5 heteroatoms. The van der Waals surface area contributed by atoms with Crippen LogP contribution in [0.25, 0.3) is 0 Å². The molecule has 1 aliphatic carbocycles. The number of rotatable bonds is 4. The zero-order valence-corrected chi connectivity index (χ0v) is 12.3. The van der Waals surface area contributed by atoms with Gasteiger partial charge in [-0.3, -0.25) is 0 Å². The molecule has 3 rings (SSSR count). The lowest BCUT2D eigenvalue weighted by Crippen LogP contribution is -2.28. The van der Waals surface area contributed by atoms with E-state index >= 15 is 0 Å². The van der Waals surface area contributed by atoms with Gasteiger partial charge >= 0.3 is 0 Å². The van der Waals surface area contributed by atoms with Gasteiger partial charge in [-0.25, -0.2) is 0 Å². The van der Waals surface area contributed by atoms with Crippen molar-refractivity contribution in [1.29, 1.82) is 0 Å². The Morgan fingerprint density at radius 2 is 2.15 bits per heavy atom. The van der Waals surface area contributed by atoms with Crippen molar-refractivity contribution in [3.63, 3.8) is 0 Å². The van der Waals surface area contributed by atoms with E-state index in [-0.39, 0.29) is 0 Å². The average Bonchev–Trinajstić information content (AvgIpc) is 3.10. The predicted molar refractivity (Wildman–Crippen MR) is 75.3 cm³/mol. The summed E-state index contributed by atoms with van der Waals surface area (Å²) < 4.78 is 5.33. The third kappa shape index (κ3) is 2.74. The zero-order chi connectivity index (χ0) is 14.0. The highest BCUT2D eigenvalue weighted by Crippen LogP contribution is 2.37. The molecule has 1 saturated heterocycles. The standard InChI is InChI=1S/C15H25N3O2/c1-2-3-11-4-6-12(7-5-11)13-17-14(20-18-13)15(19)8-9-16-10-15/h11-12,16,19H,2-10H2,1H3. The first-order valence-electron chi connectivity index (χ1n) is 7.98. The summed E-state index contributed by atoms with van der Waals surface area (Å²) in [5.41, 5.74) is -0.954. The zero-order valence-electron chi connectivity index (χ0n) is 12.3. The first-order valence-corrected chi connectivity index (χ1v) is 7.98. The average molecular weight is 279 g/mol. The van der Waals surface area contributed by atoms with Crippen LogP contribution in [0.4, 0.5) is 0 Å². The monoisotopic (exact) mass is 279 g/mol. The molecular weight excluding hydrogens is 254 g/mol. The normalized spacial score (nSPS) is 34.5. The van der Waals surface area contributed by atoms with Gasteiger partial charge in [-0.1, -0.05) is 24.9 Å². The maximum absolute atomic E-state index is 10.4. The van der Waals surface area contributed by atoms with Crippen molar-refractivity contribution in [2.24, 2.45) is 5.92 Å². The first-order chi connectivity index (χ1) is 9.71. The summed E-state index contributed by atoms with van der Waals surface area (Å²) in [4.78, 5) is 4.49. The van der Waals surface area contributed by atoms with Crippen molar-refractivity contribution in [1.82, 2.24) is 15.5 Å². The number of hydrogen-bond acceptors (Lipinski definition) is 5. The summed E-state index contributed by atoms with van der Waals surface area (Å²) in [6, 6.07) is 0. The number of nitrogens with one attached hydrogen (secondary N) is 1. The Kier molecular flexibility index (Phi) is 4.08. The third-order valence-corrected chi connectivity index (χ3v) is 4.88. The van der Waals surface area contributed by atoms with Crippen LogP contribution < -0.4 is 5.32 Å². The molecule has 1 atom stereocenters. The fourth-order valence-corrected chi connectivity index (χ4v) is 3.57. The highest BCUT2D eigenvalue weighted by Gasteiger charge is 2.39. The second-order valence-electron chi connectivity index (χ2n) is 6.42. The highest BCUT2D eigenvalue weighted by atomic mass is 16.5. The van der Waals surface area contributed by atoms with Crippen LogP contribution >= 0.6 is 0 Å². The quantitative estimate of drug-likeness (QED) is 0.885. The topological polar surface area (TPSA) is 71.2 Å². The Bertz CT molecular complexity index is 432. The number of aliphatic hydroxyl groups is 1. The fraction of sp³-hybridized carbons (Fsp3) is 0.867. The lowest BCUT2D eigenvalue weighted by Gasteiger charge is -2.26. The summed E-state index contributed by atoms with van der Waals surface area (Å²) in [5, 5.41) is 17.7. The highest BCUT2D eigenvalue weighted by molar-refractivity contribution is 5.06. The largest absolute Gasteiger partial charge is 0.379 e. The van der Waals surface area contributed by atoms with Gasteiger partial charge in [0.05, 0.1) is 0 Å². The van der Waals surface area contributed by atoms with Crippen LogP contribution in [0.2, 0.25) is 0 Å². The summed E-state index contributed by atoms with van der Waals surface area (Å²) in [5.74, 6) is 2.49. The van der Waals surface area contributed by atoms with Crippen LogP contribution in [0, 0.1) is 5.92 Å². The Morgan fingerprint density at radius 1 is 1.35 bits per heavy atom.